The van der Waals surface area contributed by atoms with E-state index >= 15 is 0 Å². The zero-order valence-corrected chi connectivity index (χ0v) is 12.5. The molecular weight excluding hydrogens is 278 g/mol. The maximum atomic E-state index is 12.4. The molecule has 1 N–H and O–H groups in total. The van der Waals surface area contributed by atoms with Crippen molar-refractivity contribution in [2.75, 3.05) is 36.4 Å². The SMILES string of the molecule is N#CC1=CCN(C(=O)Nc2cccnc2N2CCCC2)CC1. The number of rotatable bonds is 2. The first-order valence-corrected chi connectivity index (χ1v) is 7.63. The minimum atomic E-state index is -0.137. The molecule has 2 aliphatic heterocycles. The van der Waals surface area contributed by atoms with Gasteiger partial charge in [0.1, 0.15) is 0 Å². The summed E-state index contributed by atoms with van der Waals surface area (Å²) in [4.78, 5) is 20.7. The zero-order chi connectivity index (χ0) is 15.4. The van der Waals surface area contributed by atoms with Gasteiger partial charge in [0.15, 0.2) is 5.82 Å². The molecule has 6 nitrogen and oxygen atoms in total. The second-order valence-corrected chi connectivity index (χ2v) is 5.54. The smallest absolute Gasteiger partial charge is 0.322 e. The second kappa shape index (κ2) is 6.48. The van der Waals surface area contributed by atoms with E-state index in [-0.39, 0.29) is 6.03 Å². The Hall–Kier alpha value is -2.55. The van der Waals surface area contributed by atoms with E-state index in [4.69, 9.17) is 5.26 Å². The molecule has 0 spiro atoms. The summed E-state index contributed by atoms with van der Waals surface area (Å²) in [5, 5.41) is 11.8. The van der Waals surface area contributed by atoms with Gasteiger partial charge in [-0.25, -0.2) is 9.78 Å². The molecule has 2 amide bonds. The predicted octanol–water partition coefficient (Wildman–Crippen LogP) is 2.37. The van der Waals surface area contributed by atoms with Crippen LogP contribution in [0.5, 0.6) is 0 Å². The lowest BCUT2D eigenvalue weighted by molar-refractivity contribution is 0.216. The third-order valence-electron chi connectivity index (χ3n) is 4.07. The van der Waals surface area contributed by atoms with E-state index in [2.05, 4.69) is 21.3 Å². The number of nitriles is 1. The van der Waals surface area contributed by atoms with Crippen molar-refractivity contribution in [1.29, 1.82) is 5.26 Å². The van der Waals surface area contributed by atoms with Gasteiger partial charge in [0, 0.05) is 37.9 Å². The molecule has 1 aromatic rings. The molecule has 3 heterocycles. The number of amides is 2. The fourth-order valence-corrected chi connectivity index (χ4v) is 2.82. The summed E-state index contributed by atoms with van der Waals surface area (Å²) >= 11 is 0. The van der Waals surface area contributed by atoms with Gasteiger partial charge in [-0.3, -0.25) is 0 Å². The number of urea groups is 1. The quantitative estimate of drug-likeness (QED) is 0.909. The van der Waals surface area contributed by atoms with Gasteiger partial charge in [0.25, 0.3) is 0 Å². The molecular formula is C16H19N5O. The third-order valence-corrected chi connectivity index (χ3v) is 4.07. The summed E-state index contributed by atoms with van der Waals surface area (Å²) in [6, 6.07) is 5.73. The Morgan fingerprint density at radius 3 is 2.82 bits per heavy atom. The molecule has 1 aromatic heterocycles. The van der Waals surface area contributed by atoms with Crippen molar-refractivity contribution in [1.82, 2.24) is 9.88 Å². The highest BCUT2D eigenvalue weighted by Crippen LogP contribution is 2.26. The maximum Gasteiger partial charge on any atom is 0.322 e. The number of carbonyl (C=O) groups is 1. The topological polar surface area (TPSA) is 72.3 Å². The Labute approximate surface area is 130 Å². The van der Waals surface area contributed by atoms with E-state index in [0.29, 0.717) is 19.5 Å². The van der Waals surface area contributed by atoms with Crippen LogP contribution in [0.1, 0.15) is 19.3 Å². The molecule has 0 bridgehead atoms. The van der Waals surface area contributed by atoms with E-state index in [0.717, 1.165) is 43.0 Å². The monoisotopic (exact) mass is 297 g/mol. The number of hydrogen-bond acceptors (Lipinski definition) is 4. The standard InChI is InChI=1S/C16H19N5O/c17-12-13-5-10-21(11-6-13)16(22)19-14-4-3-7-18-15(14)20-8-1-2-9-20/h3-5,7H,1-2,6,8-11H2,(H,19,22). The number of nitrogens with zero attached hydrogens (tertiary/aromatic N) is 4. The van der Waals surface area contributed by atoms with Crippen LogP contribution in [-0.4, -0.2) is 42.1 Å². The van der Waals surface area contributed by atoms with E-state index in [1.807, 2.05) is 18.2 Å². The van der Waals surface area contributed by atoms with Gasteiger partial charge in [0.05, 0.1) is 11.8 Å². The number of hydrogen-bond donors (Lipinski definition) is 1. The van der Waals surface area contributed by atoms with Crippen LogP contribution in [0.2, 0.25) is 0 Å². The lowest BCUT2D eigenvalue weighted by atomic mass is 10.1. The molecule has 2 aliphatic rings. The maximum absolute atomic E-state index is 12.4. The van der Waals surface area contributed by atoms with Gasteiger partial charge in [-0.05, 0) is 31.4 Å². The number of carbonyl (C=O) groups excluding carboxylic acids is 1. The minimum Gasteiger partial charge on any atom is -0.355 e. The summed E-state index contributed by atoms with van der Waals surface area (Å²) in [7, 11) is 0. The third kappa shape index (κ3) is 3.03. The van der Waals surface area contributed by atoms with Crippen LogP contribution in [-0.2, 0) is 0 Å². The van der Waals surface area contributed by atoms with Crippen molar-refractivity contribution in [3.8, 4) is 6.07 Å². The molecule has 0 radical (unpaired) electrons. The largest absolute Gasteiger partial charge is 0.355 e. The molecule has 22 heavy (non-hydrogen) atoms. The summed E-state index contributed by atoms with van der Waals surface area (Å²) in [6.45, 7) is 3.02. The highest BCUT2D eigenvalue weighted by Gasteiger charge is 2.21. The number of aromatic nitrogens is 1. The normalized spacial score (nSPS) is 17.9. The Morgan fingerprint density at radius 1 is 1.32 bits per heavy atom. The van der Waals surface area contributed by atoms with Crippen LogP contribution in [0.3, 0.4) is 0 Å². The van der Waals surface area contributed by atoms with Crippen molar-refractivity contribution in [2.24, 2.45) is 0 Å². The van der Waals surface area contributed by atoms with Crippen LogP contribution < -0.4 is 10.2 Å². The average Bonchev–Trinajstić information content (AvgIpc) is 3.10. The van der Waals surface area contributed by atoms with E-state index in [1.165, 1.54) is 0 Å². The van der Waals surface area contributed by atoms with Crippen molar-refractivity contribution < 1.29 is 4.79 Å². The van der Waals surface area contributed by atoms with Crippen LogP contribution in [0.4, 0.5) is 16.3 Å². The van der Waals surface area contributed by atoms with Crippen molar-refractivity contribution in [2.45, 2.75) is 19.3 Å². The number of pyridine rings is 1. The van der Waals surface area contributed by atoms with Crippen molar-refractivity contribution in [3.05, 3.63) is 30.0 Å². The molecule has 1 saturated heterocycles. The van der Waals surface area contributed by atoms with Crippen LogP contribution in [0, 0.1) is 11.3 Å². The van der Waals surface area contributed by atoms with Gasteiger partial charge in [-0.2, -0.15) is 5.26 Å². The number of nitrogens with one attached hydrogen (secondary N) is 1. The Bertz CT molecular complexity index is 628. The molecule has 6 heteroatoms. The summed E-state index contributed by atoms with van der Waals surface area (Å²) in [5.74, 6) is 0.846. The van der Waals surface area contributed by atoms with E-state index < -0.39 is 0 Å². The van der Waals surface area contributed by atoms with Gasteiger partial charge < -0.3 is 15.1 Å². The molecule has 0 atom stereocenters. The lowest BCUT2D eigenvalue weighted by Gasteiger charge is -2.26. The van der Waals surface area contributed by atoms with E-state index in [9.17, 15) is 4.79 Å². The molecule has 114 valence electrons. The number of anilines is 2. The molecule has 0 aliphatic carbocycles. The molecule has 0 unspecified atom stereocenters. The summed E-state index contributed by atoms with van der Waals surface area (Å²) in [5.41, 5.74) is 1.51. The minimum absolute atomic E-state index is 0.137. The van der Waals surface area contributed by atoms with Gasteiger partial charge in [-0.1, -0.05) is 6.08 Å². The first kappa shape index (κ1) is 14.4. The highest BCUT2D eigenvalue weighted by atomic mass is 16.2. The second-order valence-electron chi connectivity index (χ2n) is 5.54. The Morgan fingerprint density at radius 2 is 2.14 bits per heavy atom. The zero-order valence-electron chi connectivity index (χ0n) is 12.5. The molecule has 1 fully saturated rings. The molecule has 3 rings (SSSR count). The Balaban J connectivity index is 1.70. The first-order valence-electron chi connectivity index (χ1n) is 7.63. The van der Waals surface area contributed by atoms with Crippen molar-refractivity contribution in [3.63, 3.8) is 0 Å². The van der Waals surface area contributed by atoms with Gasteiger partial charge in [-0.15, -0.1) is 0 Å². The molecule has 0 saturated carbocycles. The molecule has 0 aromatic carbocycles. The fraction of sp³-hybridized carbons (Fsp3) is 0.438. The van der Waals surface area contributed by atoms with Crippen LogP contribution in [0.15, 0.2) is 30.0 Å². The average molecular weight is 297 g/mol. The van der Waals surface area contributed by atoms with Crippen LogP contribution >= 0.6 is 0 Å². The van der Waals surface area contributed by atoms with Gasteiger partial charge in [0.2, 0.25) is 0 Å². The lowest BCUT2D eigenvalue weighted by Crippen LogP contribution is -2.38. The Kier molecular flexibility index (Phi) is 4.24. The summed E-state index contributed by atoms with van der Waals surface area (Å²) < 4.78 is 0. The summed E-state index contributed by atoms with van der Waals surface area (Å²) in [6.07, 6.45) is 6.52. The fourth-order valence-electron chi connectivity index (χ4n) is 2.82. The van der Waals surface area contributed by atoms with Crippen molar-refractivity contribution >= 4 is 17.5 Å². The highest BCUT2D eigenvalue weighted by molar-refractivity contribution is 5.92. The van der Waals surface area contributed by atoms with E-state index in [1.54, 1.807) is 11.1 Å². The van der Waals surface area contributed by atoms with Crippen LogP contribution in [0.25, 0.3) is 0 Å². The van der Waals surface area contributed by atoms with Gasteiger partial charge >= 0.3 is 6.03 Å². The first-order chi connectivity index (χ1) is 10.8. The predicted molar refractivity (Wildman–Crippen MR) is 84.6 cm³/mol.